The molecule has 0 heterocycles. The molecule has 0 spiro atoms. The Morgan fingerprint density at radius 1 is 1.21 bits per heavy atom. The molecule has 1 aromatic rings. The molecule has 1 aromatic carbocycles. The molecule has 1 aliphatic rings. The fourth-order valence-corrected chi connectivity index (χ4v) is 2.54. The van der Waals surface area contributed by atoms with Gasteiger partial charge in [0.15, 0.2) is 0 Å². The molecule has 0 amide bonds. The van der Waals surface area contributed by atoms with Crippen molar-refractivity contribution >= 4 is 0 Å². The Morgan fingerprint density at radius 2 is 1.84 bits per heavy atom. The molecule has 1 aliphatic carbocycles. The molecule has 0 aromatic heterocycles. The van der Waals surface area contributed by atoms with Gasteiger partial charge in [-0.25, -0.2) is 17.6 Å². The van der Waals surface area contributed by atoms with Gasteiger partial charge < -0.3 is 5.11 Å². The lowest BCUT2D eigenvalue weighted by Crippen LogP contribution is -2.32. The van der Waals surface area contributed by atoms with Crippen molar-refractivity contribution in [2.24, 2.45) is 5.92 Å². The molecule has 5 heteroatoms. The van der Waals surface area contributed by atoms with Crippen LogP contribution in [0.5, 0.6) is 0 Å². The Morgan fingerprint density at radius 3 is 2.47 bits per heavy atom. The summed E-state index contributed by atoms with van der Waals surface area (Å²) in [6.07, 6.45) is -1.02. The van der Waals surface area contributed by atoms with Gasteiger partial charge in [0, 0.05) is 19.3 Å². The predicted molar refractivity (Wildman–Crippen MR) is 63.0 cm³/mol. The molecule has 19 heavy (non-hydrogen) atoms. The molecule has 0 saturated heterocycles. The molecule has 0 bridgehead atoms. The van der Waals surface area contributed by atoms with Crippen molar-refractivity contribution in [2.75, 3.05) is 0 Å². The monoisotopic (exact) mass is 276 g/mol. The molecule has 1 nitrogen and oxygen atoms in total. The zero-order valence-electron chi connectivity index (χ0n) is 10.4. The van der Waals surface area contributed by atoms with Crippen LogP contribution in [0.1, 0.15) is 31.2 Å². The van der Waals surface area contributed by atoms with Crippen LogP contribution in [0.3, 0.4) is 0 Å². The standard InChI is InChI=1S/C14H16F4O/c15-11-1-2-12(16)10(7-11)8-13(19)9-3-5-14(17,18)6-4-9/h1-2,7,9,13,19H,3-6,8H2. The fraction of sp³-hybridized carbons (Fsp3) is 0.571. The molecule has 1 atom stereocenters. The van der Waals surface area contributed by atoms with Gasteiger partial charge in [0.1, 0.15) is 11.6 Å². The van der Waals surface area contributed by atoms with Crippen molar-refractivity contribution < 1.29 is 22.7 Å². The first kappa shape index (κ1) is 14.3. The minimum atomic E-state index is -2.65. The van der Waals surface area contributed by atoms with Crippen molar-refractivity contribution in [1.29, 1.82) is 0 Å². The minimum absolute atomic E-state index is 0.0418. The van der Waals surface area contributed by atoms with E-state index in [2.05, 4.69) is 0 Å². The largest absolute Gasteiger partial charge is 0.392 e. The summed E-state index contributed by atoms with van der Waals surface area (Å²) >= 11 is 0. The van der Waals surface area contributed by atoms with Gasteiger partial charge in [-0.2, -0.15) is 0 Å². The molecule has 1 saturated carbocycles. The molecule has 1 fully saturated rings. The summed E-state index contributed by atoms with van der Waals surface area (Å²) in [6.45, 7) is 0. The van der Waals surface area contributed by atoms with Crippen LogP contribution in [0.2, 0.25) is 0 Å². The summed E-state index contributed by atoms with van der Waals surface area (Å²) in [5.74, 6) is -4.08. The number of benzene rings is 1. The lowest BCUT2D eigenvalue weighted by atomic mass is 9.81. The highest BCUT2D eigenvalue weighted by molar-refractivity contribution is 5.19. The molecule has 0 radical (unpaired) electrons. The average Bonchev–Trinajstić information content (AvgIpc) is 2.33. The summed E-state index contributed by atoms with van der Waals surface area (Å²) in [7, 11) is 0. The highest BCUT2D eigenvalue weighted by Gasteiger charge is 2.37. The maximum absolute atomic E-state index is 13.4. The van der Waals surface area contributed by atoms with Gasteiger partial charge in [-0.05, 0) is 42.5 Å². The van der Waals surface area contributed by atoms with Gasteiger partial charge in [-0.15, -0.1) is 0 Å². The molecular weight excluding hydrogens is 260 g/mol. The molecule has 0 aliphatic heterocycles. The van der Waals surface area contributed by atoms with E-state index in [1.807, 2.05) is 0 Å². The summed E-state index contributed by atoms with van der Waals surface area (Å²) in [4.78, 5) is 0. The van der Waals surface area contributed by atoms with E-state index in [1.165, 1.54) is 0 Å². The van der Waals surface area contributed by atoms with E-state index in [9.17, 15) is 22.7 Å². The Labute approximate surface area is 109 Å². The van der Waals surface area contributed by atoms with Crippen LogP contribution in [0.25, 0.3) is 0 Å². The SMILES string of the molecule is OC(Cc1cc(F)ccc1F)C1CCC(F)(F)CC1. The number of halogens is 4. The lowest BCUT2D eigenvalue weighted by Gasteiger charge is -2.31. The predicted octanol–water partition coefficient (Wildman–Crippen LogP) is 3.69. The van der Waals surface area contributed by atoms with Crippen LogP contribution in [0, 0.1) is 17.6 Å². The summed E-state index contributed by atoms with van der Waals surface area (Å²) in [5.41, 5.74) is 0.0878. The van der Waals surface area contributed by atoms with Gasteiger partial charge in [0.2, 0.25) is 5.92 Å². The first-order valence-corrected chi connectivity index (χ1v) is 6.37. The van der Waals surface area contributed by atoms with Gasteiger partial charge in [-0.1, -0.05) is 0 Å². The molecule has 1 N–H and O–H groups in total. The van der Waals surface area contributed by atoms with E-state index in [0.717, 1.165) is 18.2 Å². The smallest absolute Gasteiger partial charge is 0.248 e. The second kappa shape index (κ2) is 5.49. The maximum atomic E-state index is 13.4. The Hall–Kier alpha value is -1.10. The Balaban J connectivity index is 1.98. The highest BCUT2D eigenvalue weighted by Crippen LogP contribution is 2.38. The molecular formula is C14H16F4O. The van der Waals surface area contributed by atoms with Crippen LogP contribution in [-0.4, -0.2) is 17.1 Å². The zero-order chi connectivity index (χ0) is 14.0. The second-order valence-electron chi connectivity index (χ2n) is 5.20. The summed E-state index contributed by atoms with van der Waals surface area (Å²) in [5, 5.41) is 9.98. The fourth-order valence-electron chi connectivity index (χ4n) is 2.54. The third-order valence-electron chi connectivity index (χ3n) is 3.74. The van der Waals surface area contributed by atoms with E-state index < -0.39 is 23.7 Å². The van der Waals surface area contributed by atoms with E-state index in [-0.39, 0.29) is 43.6 Å². The van der Waals surface area contributed by atoms with Crippen molar-refractivity contribution in [2.45, 2.75) is 44.1 Å². The maximum Gasteiger partial charge on any atom is 0.248 e. The van der Waals surface area contributed by atoms with E-state index >= 15 is 0 Å². The van der Waals surface area contributed by atoms with Crippen LogP contribution >= 0.6 is 0 Å². The minimum Gasteiger partial charge on any atom is -0.392 e. The zero-order valence-corrected chi connectivity index (χ0v) is 10.4. The van der Waals surface area contributed by atoms with Gasteiger partial charge in [-0.3, -0.25) is 0 Å². The third-order valence-corrected chi connectivity index (χ3v) is 3.74. The first-order chi connectivity index (χ1) is 8.87. The number of aliphatic hydroxyl groups excluding tert-OH is 1. The third kappa shape index (κ3) is 3.69. The second-order valence-corrected chi connectivity index (χ2v) is 5.20. The molecule has 2 rings (SSSR count). The number of hydrogen-bond acceptors (Lipinski definition) is 1. The molecule has 106 valence electrons. The lowest BCUT2D eigenvalue weighted by molar-refractivity contribution is -0.0620. The highest BCUT2D eigenvalue weighted by atomic mass is 19.3. The van der Waals surface area contributed by atoms with Gasteiger partial charge in [0.05, 0.1) is 6.10 Å². The van der Waals surface area contributed by atoms with Gasteiger partial charge >= 0.3 is 0 Å². The average molecular weight is 276 g/mol. The Bertz CT molecular complexity index is 437. The van der Waals surface area contributed by atoms with E-state index in [0.29, 0.717) is 0 Å². The van der Waals surface area contributed by atoms with Crippen LogP contribution in [0.4, 0.5) is 17.6 Å². The van der Waals surface area contributed by atoms with Gasteiger partial charge in [0.25, 0.3) is 0 Å². The normalized spacial score (nSPS) is 21.3. The van der Waals surface area contributed by atoms with E-state index in [1.54, 1.807) is 0 Å². The van der Waals surface area contributed by atoms with Crippen LogP contribution in [0.15, 0.2) is 18.2 Å². The van der Waals surface area contributed by atoms with Crippen molar-refractivity contribution in [1.82, 2.24) is 0 Å². The van der Waals surface area contributed by atoms with Crippen molar-refractivity contribution in [3.63, 3.8) is 0 Å². The van der Waals surface area contributed by atoms with Crippen LogP contribution < -0.4 is 0 Å². The summed E-state index contributed by atoms with van der Waals surface area (Å²) < 4.78 is 52.4. The summed E-state index contributed by atoms with van der Waals surface area (Å²) in [6, 6.07) is 3.05. The quantitative estimate of drug-likeness (QED) is 0.835. The first-order valence-electron chi connectivity index (χ1n) is 6.37. The number of rotatable bonds is 3. The van der Waals surface area contributed by atoms with Crippen molar-refractivity contribution in [3.8, 4) is 0 Å². The van der Waals surface area contributed by atoms with E-state index in [4.69, 9.17) is 0 Å². The Kier molecular flexibility index (Phi) is 4.13. The van der Waals surface area contributed by atoms with Crippen molar-refractivity contribution in [3.05, 3.63) is 35.4 Å². The van der Waals surface area contributed by atoms with Crippen LogP contribution in [-0.2, 0) is 6.42 Å². The topological polar surface area (TPSA) is 20.2 Å². The number of hydrogen-bond donors (Lipinski definition) is 1. The number of aliphatic hydroxyl groups is 1. The molecule has 1 unspecified atom stereocenters. The number of alkyl halides is 2.